The summed E-state index contributed by atoms with van der Waals surface area (Å²) in [5.41, 5.74) is 24.9. The van der Waals surface area contributed by atoms with Crippen LogP contribution in [0.5, 0.6) is 0 Å². The van der Waals surface area contributed by atoms with E-state index >= 15 is 33.6 Å². The van der Waals surface area contributed by atoms with E-state index in [0.717, 1.165) is 43.7 Å². The Labute approximate surface area is 771 Å². The molecule has 133 heavy (non-hydrogen) atoms. The number of aliphatic hydroxyl groups is 2. The molecule has 45 heteroatoms. The molecule has 726 valence electrons. The number of likely N-dealkylation sites (N-methyl/N-ethyl adjacent to an activating group) is 3. The Balaban J connectivity index is 1.19. The molecule has 3 aliphatic rings. The number of amides is 17. The van der Waals surface area contributed by atoms with E-state index in [1.165, 1.54) is 21.0 Å². The molecule has 0 unspecified atom stereocenters. The van der Waals surface area contributed by atoms with Crippen molar-refractivity contribution in [2.45, 2.75) is 228 Å². The predicted octanol–water partition coefficient (Wildman–Crippen LogP) is -3.36. The minimum atomic E-state index is -1.90. The van der Waals surface area contributed by atoms with E-state index in [0.29, 0.717) is 76.4 Å². The van der Waals surface area contributed by atoms with Gasteiger partial charge in [0.2, 0.25) is 100 Å². The topological polar surface area (TPSA) is 639 Å². The number of carbonyl (C=O) groups is 17. The Morgan fingerprint density at radius 1 is 0.556 bits per heavy atom. The summed E-state index contributed by atoms with van der Waals surface area (Å²) in [6.07, 6.45) is 0.519. The largest absolute Gasteiger partial charge is 0.394 e. The highest BCUT2D eigenvalue weighted by molar-refractivity contribution is 8.00. The summed E-state index contributed by atoms with van der Waals surface area (Å²) in [7, 11) is 3.75. The molecular weight excluding hydrogens is 1750 g/mol. The van der Waals surface area contributed by atoms with E-state index in [4.69, 9.17) is 28.3 Å². The summed E-state index contributed by atoms with van der Waals surface area (Å²) >= 11 is 0.675. The van der Waals surface area contributed by atoms with E-state index < -0.39 is 266 Å². The molecule has 0 bridgehead atoms. The Kier molecular flexibility index (Phi) is 39.7. The first kappa shape index (κ1) is 105. The van der Waals surface area contributed by atoms with Crippen LogP contribution in [-0.2, 0) is 101 Å². The minimum absolute atomic E-state index is 0.00413. The van der Waals surface area contributed by atoms with E-state index in [1.54, 1.807) is 74.8 Å². The summed E-state index contributed by atoms with van der Waals surface area (Å²) in [5, 5.41) is 59.9. The zero-order valence-corrected chi connectivity index (χ0v) is 76.6. The van der Waals surface area contributed by atoms with Gasteiger partial charge in [0.1, 0.15) is 96.2 Å². The number of aromatic nitrogens is 2. The lowest BCUT2D eigenvalue weighted by molar-refractivity contribution is -0.149. The van der Waals surface area contributed by atoms with Crippen LogP contribution in [-0.4, -0.2) is 314 Å². The highest BCUT2D eigenvalue weighted by Gasteiger charge is 2.47. The summed E-state index contributed by atoms with van der Waals surface area (Å²) in [5.74, 6) is -21.2. The van der Waals surface area contributed by atoms with Crippen molar-refractivity contribution < 1.29 is 101 Å². The van der Waals surface area contributed by atoms with Crippen LogP contribution >= 0.6 is 11.8 Å². The normalized spacial score (nSPS) is 25.0. The zero-order valence-electron chi connectivity index (χ0n) is 75.8. The van der Waals surface area contributed by atoms with Crippen molar-refractivity contribution in [3.05, 3.63) is 107 Å². The fourth-order valence-corrected chi connectivity index (χ4v) is 17.1. The van der Waals surface area contributed by atoms with Gasteiger partial charge in [-0.25, -0.2) is 8.78 Å². The summed E-state index contributed by atoms with van der Waals surface area (Å²) in [6, 6.07) is -6.36. The molecule has 3 aliphatic heterocycles. The molecule has 24 N–H and O–H groups in total. The number of H-pyrrole nitrogens is 2. The van der Waals surface area contributed by atoms with Gasteiger partial charge < -0.3 is 126 Å². The minimum Gasteiger partial charge on any atom is -0.394 e. The van der Waals surface area contributed by atoms with Crippen molar-refractivity contribution in [2.75, 3.05) is 72.0 Å². The molecule has 0 saturated carbocycles. The van der Waals surface area contributed by atoms with E-state index in [2.05, 4.69) is 68.5 Å². The van der Waals surface area contributed by atoms with Crippen LogP contribution in [0.3, 0.4) is 0 Å². The molecule has 0 aliphatic carbocycles. The molecule has 0 radical (unpaired) electrons. The molecule has 42 nitrogen and oxygen atoms in total. The number of para-hydroxylation sites is 2. The molecule has 15 atom stereocenters. The van der Waals surface area contributed by atoms with Gasteiger partial charge in [0.25, 0.3) is 0 Å². The van der Waals surface area contributed by atoms with Gasteiger partial charge in [-0.1, -0.05) is 89.8 Å². The van der Waals surface area contributed by atoms with E-state index in [-0.39, 0.29) is 82.4 Å². The van der Waals surface area contributed by atoms with Crippen LogP contribution in [0, 0.1) is 23.0 Å². The van der Waals surface area contributed by atoms with Gasteiger partial charge in [-0.3, -0.25) is 86.9 Å². The van der Waals surface area contributed by atoms with Gasteiger partial charge in [0.05, 0.1) is 31.4 Å². The Bertz CT molecular complexity index is 5020. The number of thioether (sulfide) groups is 1. The van der Waals surface area contributed by atoms with Gasteiger partial charge in [-0.2, -0.15) is 0 Å². The van der Waals surface area contributed by atoms with E-state index in [1.807, 2.05) is 13.8 Å². The maximum Gasteiger partial charge on any atom is 0.246 e. The smallest absolute Gasteiger partial charge is 0.246 e. The highest BCUT2D eigenvalue weighted by Crippen LogP contribution is 2.28. The molecule has 5 heterocycles. The number of fused-ring (bicyclic) bond motifs is 4. The average molecular weight is 1880 g/mol. The van der Waals surface area contributed by atoms with Crippen molar-refractivity contribution in [2.24, 2.45) is 28.9 Å². The Morgan fingerprint density at radius 2 is 1.08 bits per heavy atom. The Morgan fingerprint density at radius 3 is 1.67 bits per heavy atom. The highest BCUT2D eigenvalue weighted by atomic mass is 32.2. The average Bonchev–Trinajstić information content (AvgIpc) is 1.72. The van der Waals surface area contributed by atoms with Crippen LogP contribution in [0.25, 0.3) is 21.8 Å². The number of primary amides is 2. The molecule has 3 saturated heterocycles. The van der Waals surface area contributed by atoms with Crippen molar-refractivity contribution in [3.63, 3.8) is 0 Å². The van der Waals surface area contributed by atoms with Crippen molar-refractivity contribution >= 4 is 140 Å². The third kappa shape index (κ3) is 29.5. The van der Waals surface area contributed by atoms with Crippen molar-refractivity contribution in [3.8, 4) is 0 Å². The standard InChI is InChI=1S/C88H125F2N23O19S/c1-9-11-24-67-80(125)101-58(23-17-27-96-88(94)95)76(121)108-66(75(120)99-41-72(93)117)44-133-45-73(118)100-61(32-48-30-51(89)35-52(90)31-48)83(128)109(6)47(5)74(119)103-63(37-71(92)116)85(130)112-28-18-26-68(112)81(126)106-64(38-91)78(123)104-60(29-46(3)4)86(131)113-42-53(115)36-70(113)82(127)102-59(33-49-39-97-56-21-15-13-19-54(49)56)77(122)107-65(43-114)79(124)105-62(34-50-40-98-57-22-16-14-20-55(50)57)84(129)111(8)69(25-12-10-2)87(132)110(67)7/h13-16,19-22,30-31,35,39-40,46-47,53,58-70,97-98,114-115H,9-12,17-18,23-29,32-34,36-38,41-45,91H2,1-8H3,(H2,92,116)(H2,93,117)(H,99,120)(H,100,118)(H,101,125)(H,102,127)(H,103,119)(H,104,123)(H,105,124)(H,106,126)(H,107,122)(H,108,121)(H4,94,95,96)/t47-,53+,58-,59-,60-,61-,62-,63-,64-,65-,66-,67-,68-,69-,70-/m0/s1. The number of carbonyl (C=O) groups excluding carboxylic acids is 17. The number of guanidine groups is 1. The fourth-order valence-electron chi connectivity index (χ4n) is 16.3. The molecule has 0 spiro atoms. The number of aliphatic hydroxyl groups excluding tert-OH is 2. The predicted molar refractivity (Wildman–Crippen MR) is 485 cm³/mol. The SMILES string of the molecule is CCCC[C@H]1C(=O)N(C)[C@@H](CCCC)C(=O)N[C@@H](CCCNC(=N)N)C(=O)N[C@H](C(=O)NCC(N)=O)CSCC(=O)N[C@@H](Cc2cc(F)cc(F)c2)C(=O)N(C)[C@@H](C)C(=O)N[C@@H](CC(N)=O)C(=O)N2CCC[C@H]2C(=O)N[C@@H](CN)C(=O)N[C@@H](CC(C)C)C(=O)N2C[C@H](O)C[C@H]2C(=O)N[C@@H](Cc2c[nH]c3ccccc23)C(=O)N[C@@H](CO)C(=O)N[C@@H](Cc2c[nH]c3ccccc23)C(=O)N1C. The second kappa shape index (κ2) is 50.1. The summed E-state index contributed by atoms with van der Waals surface area (Å²) in [6.45, 7) is 5.09. The number of rotatable bonds is 25. The van der Waals surface area contributed by atoms with Gasteiger partial charge in [-0.05, 0) is 98.7 Å². The van der Waals surface area contributed by atoms with Gasteiger partial charge >= 0.3 is 0 Å². The number of nitrogens with two attached hydrogens (primary N) is 4. The van der Waals surface area contributed by atoms with Crippen molar-refractivity contribution in [1.82, 2.24) is 93.0 Å². The first-order chi connectivity index (χ1) is 63.2. The molecular formula is C88H125F2N23O19S. The summed E-state index contributed by atoms with van der Waals surface area (Å²) in [4.78, 5) is 260. The van der Waals surface area contributed by atoms with Crippen LogP contribution in [0.2, 0.25) is 0 Å². The van der Waals surface area contributed by atoms with Crippen molar-refractivity contribution in [1.29, 1.82) is 5.41 Å². The van der Waals surface area contributed by atoms with Crippen LogP contribution < -0.4 is 81.4 Å². The number of hydrogen-bond donors (Lipinski definition) is 20. The third-order valence-corrected chi connectivity index (χ3v) is 24.6. The number of nitrogens with zero attached hydrogens (tertiary/aromatic N) is 5. The quantitative estimate of drug-likeness (QED) is 0.0154. The Hall–Kier alpha value is -12.9. The second-order valence-corrected chi connectivity index (χ2v) is 35.1. The summed E-state index contributed by atoms with van der Waals surface area (Å²) < 4.78 is 29.8. The molecule has 2 aromatic heterocycles. The molecule has 3 aromatic carbocycles. The van der Waals surface area contributed by atoms with Gasteiger partial charge in [0.15, 0.2) is 5.96 Å². The molecule has 17 amide bonds. The monoisotopic (exact) mass is 1880 g/mol. The first-order valence-corrected chi connectivity index (χ1v) is 45.5. The zero-order chi connectivity index (χ0) is 97.8. The molecule has 8 rings (SSSR count). The van der Waals surface area contributed by atoms with Crippen LogP contribution in [0.15, 0.2) is 79.1 Å². The lowest BCUT2D eigenvalue weighted by Gasteiger charge is -2.36. The maximum atomic E-state index is 15.7. The molecule has 3 fully saturated rings. The second-order valence-electron chi connectivity index (χ2n) is 34.0. The van der Waals surface area contributed by atoms with Gasteiger partial charge in [0, 0.05) is 119 Å². The lowest BCUT2D eigenvalue weighted by Crippen LogP contribution is -2.62. The van der Waals surface area contributed by atoms with E-state index in [9.17, 15) is 66.9 Å². The van der Waals surface area contributed by atoms with Crippen LogP contribution in [0.1, 0.15) is 135 Å². The lowest BCUT2D eigenvalue weighted by atomic mass is 10.00. The number of benzene rings is 3. The fraction of sp³-hybridized carbons (Fsp3) is 0.545. The molecule has 5 aromatic rings. The number of hydrogen-bond acceptors (Lipinski definition) is 22. The van der Waals surface area contributed by atoms with Crippen LogP contribution in [0.4, 0.5) is 8.78 Å². The number of unbranched alkanes of at least 4 members (excludes halogenated alkanes) is 2. The number of aromatic amines is 2. The number of nitrogens with one attached hydrogen (secondary N) is 14. The third-order valence-electron chi connectivity index (χ3n) is 23.6. The number of halogens is 2. The van der Waals surface area contributed by atoms with Gasteiger partial charge in [-0.15, -0.1) is 11.8 Å². The maximum absolute atomic E-state index is 15.7. The first-order valence-electron chi connectivity index (χ1n) is 44.3.